The molecule has 19 heavy (non-hydrogen) atoms. The highest BCUT2D eigenvalue weighted by atomic mass is 35.5. The summed E-state index contributed by atoms with van der Waals surface area (Å²) in [6, 6.07) is -0.352. The first-order chi connectivity index (χ1) is 8.27. The minimum Gasteiger partial charge on any atom is -0.344 e. The fourth-order valence-corrected chi connectivity index (χ4v) is 2.09. The number of hydrogen-bond acceptors (Lipinski definition) is 3. The Balaban J connectivity index is 0.00000324. The molecule has 2 amide bonds. The first-order valence-corrected chi connectivity index (χ1v) is 6.59. The van der Waals surface area contributed by atoms with Crippen molar-refractivity contribution < 1.29 is 9.59 Å². The molecule has 0 aromatic heterocycles. The highest BCUT2D eigenvalue weighted by Crippen LogP contribution is 2.18. The molecule has 0 saturated carbocycles. The Morgan fingerprint density at radius 1 is 1.42 bits per heavy atom. The monoisotopic (exact) mass is 291 g/mol. The van der Waals surface area contributed by atoms with Gasteiger partial charge >= 0.3 is 0 Å². The number of carbonyl (C=O) groups is 2. The molecule has 2 unspecified atom stereocenters. The molecular formula is C13H26ClN3O2. The second kappa shape index (κ2) is 7.10. The molecule has 1 heterocycles. The number of nitrogens with zero attached hydrogens (tertiary/aromatic N) is 1. The van der Waals surface area contributed by atoms with Gasteiger partial charge in [0.2, 0.25) is 11.8 Å². The van der Waals surface area contributed by atoms with E-state index in [-0.39, 0.29) is 30.3 Å². The number of halogens is 1. The van der Waals surface area contributed by atoms with Crippen LogP contribution in [0.15, 0.2) is 0 Å². The zero-order chi connectivity index (χ0) is 13.9. The molecule has 0 bridgehead atoms. The van der Waals surface area contributed by atoms with Gasteiger partial charge in [-0.2, -0.15) is 0 Å². The van der Waals surface area contributed by atoms with E-state index in [1.54, 1.807) is 11.8 Å². The third kappa shape index (κ3) is 4.66. The zero-order valence-corrected chi connectivity index (χ0v) is 13.0. The molecule has 0 aliphatic carbocycles. The Morgan fingerprint density at radius 2 is 2.00 bits per heavy atom. The van der Waals surface area contributed by atoms with Crippen molar-refractivity contribution >= 4 is 24.2 Å². The van der Waals surface area contributed by atoms with Crippen LogP contribution in [0.25, 0.3) is 0 Å². The van der Waals surface area contributed by atoms with Crippen molar-refractivity contribution in [3.8, 4) is 0 Å². The van der Waals surface area contributed by atoms with E-state index in [2.05, 4.69) is 5.32 Å². The zero-order valence-electron chi connectivity index (χ0n) is 12.2. The molecule has 0 spiro atoms. The van der Waals surface area contributed by atoms with E-state index in [4.69, 9.17) is 5.73 Å². The number of likely N-dealkylation sites (tertiary alicyclic amines) is 1. The SMILES string of the molecule is CC(NC(=O)C(C)(C)C)C(=O)N1CCCC1CN.Cl. The summed E-state index contributed by atoms with van der Waals surface area (Å²) in [5, 5.41) is 2.77. The topological polar surface area (TPSA) is 75.4 Å². The van der Waals surface area contributed by atoms with Crippen molar-refractivity contribution in [3.05, 3.63) is 0 Å². The van der Waals surface area contributed by atoms with Gasteiger partial charge in [0.25, 0.3) is 0 Å². The number of amides is 2. The molecule has 1 aliphatic heterocycles. The molecule has 1 aliphatic rings. The first-order valence-electron chi connectivity index (χ1n) is 6.59. The van der Waals surface area contributed by atoms with Crippen LogP contribution >= 0.6 is 12.4 Å². The van der Waals surface area contributed by atoms with Crippen molar-refractivity contribution in [1.29, 1.82) is 0 Å². The summed E-state index contributed by atoms with van der Waals surface area (Å²) < 4.78 is 0. The van der Waals surface area contributed by atoms with Crippen molar-refractivity contribution in [2.75, 3.05) is 13.1 Å². The second-order valence-electron chi connectivity index (χ2n) is 6.01. The number of nitrogens with two attached hydrogens (primary N) is 1. The summed E-state index contributed by atoms with van der Waals surface area (Å²) in [7, 11) is 0. The fourth-order valence-electron chi connectivity index (χ4n) is 2.09. The van der Waals surface area contributed by atoms with Gasteiger partial charge in [-0.05, 0) is 19.8 Å². The van der Waals surface area contributed by atoms with E-state index in [0.717, 1.165) is 19.4 Å². The Morgan fingerprint density at radius 3 is 2.47 bits per heavy atom. The Hall–Kier alpha value is -0.810. The lowest BCUT2D eigenvalue weighted by Crippen LogP contribution is -2.52. The molecule has 0 aromatic rings. The highest BCUT2D eigenvalue weighted by Gasteiger charge is 2.32. The van der Waals surface area contributed by atoms with Crippen LogP contribution in [0.2, 0.25) is 0 Å². The van der Waals surface area contributed by atoms with Gasteiger partial charge in [0.1, 0.15) is 6.04 Å². The molecule has 0 aromatic carbocycles. The molecular weight excluding hydrogens is 266 g/mol. The van der Waals surface area contributed by atoms with Crippen molar-refractivity contribution in [2.45, 2.75) is 52.6 Å². The largest absolute Gasteiger partial charge is 0.344 e. The summed E-state index contributed by atoms with van der Waals surface area (Å²) in [6.45, 7) is 8.47. The number of hydrogen-bond donors (Lipinski definition) is 2. The van der Waals surface area contributed by atoms with E-state index in [0.29, 0.717) is 6.54 Å². The van der Waals surface area contributed by atoms with Crippen molar-refractivity contribution in [1.82, 2.24) is 10.2 Å². The normalized spacial score (nSPS) is 20.7. The van der Waals surface area contributed by atoms with Gasteiger partial charge in [0.05, 0.1) is 0 Å². The molecule has 0 radical (unpaired) electrons. The molecule has 1 saturated heterocycles. The van der Waals surface area contributed by atoms with Crippen LogP contribution < -0.4 is 11.1 Å². The second-order valence-corrected chi connectivity index (χ2v) is 6.01. The van der Waals surface area contributed by atoms with Crippen molar-refractivity contribution in [3.63, 3.8) is 0 Å². The lowest BCUT2D eigenvalue weighted by Gasteiger charge is -2.28. The maximum absolute atomic E-state index is 12.2. The minimum atomic E-state index is -0.483. The summed E-state index contributed by atoms with van der Waals surface area (Å²) in [6.07, 6.45) is 1.95. The summed E-state index contributed by atoms with van der Waals surface area (Å²) >= 11 is 0. The van der Waals surface area contributed by atoms with Crippen LogP contribution in [-0.4, -0.2) is 41.9 Å². The molecule has 112 valence electrons. The average Bonchev–Trinajstić information content (AvgIpc) is 2.74. The minimum absolute atomic E-state index is 0. The standard InChI is InChI=1S/C13H25N3O2.ClH/c1-9(15-12(18)13(2,3)4)11(17)16-7-5-6-10(16)8-14;/h9-10H,5-8,14H2,1-4H3,(H,15,18);1H. The molecule has 1 fully saturated rings. The van der Waals surface area contributed by atoms with Crippen LogP contribution in [-0.2, 0) is 9.59 Å². The van der Waals surface area contributed by atoms with E-state index >= 15 is 0 Å². The van der Waals surface area contributed by atoms with E-state index in [1.165, 1.54) is 0 Å². The maximum Gasteiger partial charge on any atom is 0.245 e. The van der Waals surface area contributed by atoms with Crippen LogP contribution in [0, 0.1) is 5.41 Å². The van der Waals surface area contributed by atoms with Crippen LogP contribution in [0.4, 0.5) is 0 Å². The van der Waals surface area contributed by atoms with Gasteiger partial charge in [0, 0.05) is 24.5 Å². The van der Waals surface area contributed by atoms with Crippen molar-refractivity contribution in [2.24, 2.45) is 11.1 Å². The van der Waals surface area contributed by atoms with E-state index < -0.39 is 11.5 Å². The highest BCUT2D eigenvalue weighted by molar-refractivity contribution is 5.89. The smallest absolute Gasteiger partial charge is 0.245 e. The van der Waals surface area contributed by atoms with E-state index in [1.807, 2.05) is 20.8 Å². The Labute approximate surface area is 121 Å². The first kappa shape index (κ1) is 18.2. The molecule has 3 N–H and O–H groups in total. The van der Waals surface area contributed by atoms with Crippen LogP contribution in [0.3, 0.4) is 0 Å². The number of nitrogens with one attached hydrogen (secondary N) is 1. The lowest BCUT2D eigenvalue weighted by molar-refractivity contribution is -0.138. The van der Waals surface area contributed by atoms with Crippen LogP contribution in [0.5, 0.6) is 0 Å². The quantitative estimate of drug-likeness (QED) is 0.811. The predicted molar refractivity (Wildman–Crippen MR) is 78.1 cm³/mol. The Bertz CT molecular complexity index is 328. The number of rotatable bonds is 3. The average molecular weight is 292 g/mol. The van der Waals surface area contributed by atoms with Gasteiger partial charge in [-0.15, -0.1) is 12.4 Å². The van der Waals surface area contributed by atoms with Gasteiger partial charge in [-0.25, -0.2) is 0 Å². The summed E-state index contributed by atoms with van der Waals surface area (Å²) in [5.74, 6) is -0.132. The van der Waals surface area contributed by atoms with Gasteiger partial charge in [-0.3, -0.25) is 9.59 Å². The van der Waals surface area contributed by atoms with Gasteiger partial charge < -0.3 is 16.0 Å². The van der Waals surface area contributed by atoms with Gasteiger partial charge in [0.15, 0.2) is 0 Å². The maximum atomic E-state index is 12.2. The lowest BCUT2D eigenvalue weighted by atomic mass is 9.95. The molecule has 6 heteroatoms. The van der Waals surface area contributed by atoms with Crippen LogP contribution in [0.1, 0.15) is 40.5 Å². The molecule has 5 nitrogen and oxygen atoms in total. The molecule has 1 rings (SSSR count). The summed E-state index contributed by atoms with van der Waals surface area (Å²) in [5.41, 5.74) is 5.17. The summed E-state index contributed by atoms with van der Waals surface area (Å²) in [4.78, 5) is 25.9. The Kier molecular flexibility index (Phi) is 6.80. The molecule has 2 atom stereocenters. The van der Waals surface area contributed by atoms with E-state index in [9.17, 15) is 9.59 Å². The number of carbonyl (C=O) groups excluding carboxylic acids is 2. The third-order valence-corrected chi connectivity index (χ3v) is 3.33. The van der Waals surface area contributed by atoms with Gasteiger partial charge in [-0.1, -0.05) is 20.8 Å². The third-order valence-electron chi connectivity index (χ3n) is 3.33. The predicted octanol–water partition coefficient (Wildman–Crippen LogP) is 0.909. The fraction of sp³-hybridized carbons (Fsp3) is 0.846.